The molecule has 0 aliphatic rings. The molecule has 3 aromatic rings. The Labute approximate surface area is 257 Å². The normalized spacial score (nSPS) is 12.0. The summed E-state index contributed by atoms with van der Waals surface area (Å²) in [5.74, 6) is -0.511. The molecule has 2 amide bonds. The molecular weight excluding hydrogens is 583 g/mol. The summed E-state index contributed by atoms with van der Waals surface area (Å²) >= 11 is 0. The SMILES string of the molecule is Cc1cc(O)cc(C)c1CC(N)C(=O)NCc1[nH]c(=O)c(CNC(=O)C(N)Cc2c(C)cc(O)cc2C)nc1C.Cl.Cl. The Kier molecular flexibility index (Phi) is 13.5. The number of aromatic amines is 1. The minimum absolute atomic E-state index is 0. The summed E-state index contributed by atoms with van der Waals surface area (Å²) in [4.78, 5) is 44.9. The second-order valence-corrected chi connectivity index (χ2v) is 10.2. The highest BCUT2D eigenvalue weighted by atomic mass is 35.5. The third-order valence-corrected chi connectivity index (χ3v) is 7.02. The maximum atomic E-state index is 12.6. The van der Waals surface area contributed by atoms with Gasteiger partial charge in [0.25, 0.3) is 5.56 Å². The van der Waals surface area contributed by atoms with Crippen molar-refractivity contribution < 1.29 is 19.8 Å². The lowest BCUT2D eigenvalue weighted by atomic mass is 9.96. The van der Waals surface area contributed by atoms with Gasteiger partial charge in [-0.3, -0.25) is 14.4 Å². The summed E-state index contributed by atoms with van der Waals surface area (Å²) in [5.41, 5.74) is 17.9. The van der Waals surface area contributed by atoms with Crippen LogP contribution in [0.4, 0.5) is 0 Å². The van der Waals surface area contributed by atoms with Crippen molar-refractivity contribution in [1.82, 2.24) is 20.6 Å². The minimum atomic E-state index is -0.852. The largest absolute Gasteiger partial charge is 0.508 e. The topological polar surface area (TPSA) is 196 Å². The number of halogens is 2. The number of amides is 2. The molecule has 9 N–H and O–H groups in total. The summed E-state index contributed by atoms with van der Waals surface area (Å²) in [5, 5.41) is 24.8. The van der Waals surface area contributed by atoms with Gasteiger partial charge in [-0.15, -0.1) is 24.8 Å². The van der Waals surface area contributed by atoms with E-state index in [2.05, 4.69) is 20.6 Å². The number of aromatic nitrogens is 2. The number of rotatable bonds is 10. The first-order valence-corrected chi connectivity index (χ1v) is 13.0. The number of carbonyl (C=O) groups excluding carboxylic acids is 2. The lowest BCUT2D eigenvalue weighted by Gasteiger charge is -2.17. The highest BCUT2D eigenvalue weighted by Crippen LogP contribution is 2.23. The first-order valence-electron chi connectivity index (χ1n) is 13.0. The Morgan fingerprint density at radius 1 is 0.786 bits per heavy atom. The second-order valence-electron chi connectivity index (χ2n) is 10.2. The lowest BCUT2D eigenvalue weighted by Crippen LogP contribution is -2.43. The smallest absolute Gasteiger partial charge is 0.271 e. The van der Waals surface area contributed by atoms with E-state index < -0.39 is 29.5 Å². The number of aryl methyl sites for hydroxylation is 5. The Bertz CT molecular complexity index is 1450. The van der Waals surface area contributed by atoms with Crippen molar-refractivity contribution in [3.63, 3.8) is 0 Å². The molecule has 0 radical (unpaired) electrons. The van der Waals surface area contributed by atoms with Crippen LogP contribution in [-0.4, -0.2) is 44.1 Å². The van der Waals surface area contributed by atoms with Crippen LogP contribution in [0.25, 0.3) is 0 Å². The van der Waals surface area contributed by atoms with E-state index in [1.807, 2.05) is 27.7 Å². The molecule has 0 saturated carbocycles. The van der Waals surface area contributed by atoms with E-state index in [-0.39, 0.29) is 61.5 Å². The fraction of sp³-hybridized carbons (Fsp3) is 0.379. The summed E-state index contributed by atoms with van der Waals surface area (Å²) < 4.78 is 0. The van der Waals surface area contributed by atoms with E-state index >= 15 is 0 Å². The quantitative estimate of drug-likeness (QED) is 0.178. The van der Waals surface area contributed by atoms with Gasteiger partial charge in [0.15, 0.2) is 0 Å². The maximum absolute atomic E-state index is 12.6. The third-order valence-electron chi connectivity index (χ3n) is 7.02. The average Bonchev–Trinajstić information content (AvgIpc) is 2.86. The zero-order chi connectivity index (χ0) is 29.7. The molecule has 1 aromatic heterocycles. The molecule has 0 spiro atoms. The molecule has 0 aliphatic heterocycles. The third kappa shape index (κ3) is 9.18. The van der Waals surface area contributed by atoms with Crippen molar-refractivity contribution in [2.75, 3.05) is 0 Å². The molecule has 2 atom stereocenters. The number of nitrogens with two attached hydrogens (primary N) is 2. The van der Waals surface area contributed by atoms with Gasteiger partial charge < -0.3 is 37.3 Å². The van der Waals surface area contributed by atoms with Crippen LogP contribution < -0.4 is 27.7 Å². The van der Waals surface area contributed by atoms with E-state index in [1.165, 1.54) is 0 Å². The van der Waals surface area contributed by atoms with Crippen LogP contribution in [0.1, 0.15) is 50.5 Å². The molecule has 0 bridgehead atoms. The Balaban J connectivity index is 0.00000441. The van der Waals surface area contributed by atoms with Crippen LogP contribution in [0.15, 0.2) is 29.1 Å². The fourth-order valence-electron chi connectivity index (χ4n) is 4.73. The molecule has 2 unspecified atom stereocenters. The second kappa shape index (κ2) is 15.5. The number of hydrogen-bond acceptors (Lipinski definition) is 8. The van der Waals surface area contributed by atoms with Crippen molar-refractivity contribution >= 4 is 36.6 Å². The first-order chi connectivity index (χ1) is 18.8. The van der Waals surface area contributed by atoms with E-state index in [9.17, 15) is 24.6 Å². The van der Waals surface area contributed by atoms with Gasteiger partial charge in [-0.25, -0.2) is 4.98 Å². The van der Waals surface area contributed by atoms with Crippen LogP contribution in [0.2, 0.25) is 0 Å². The van der Waals surface area contributed by atoms with E-state index in [4.69, 9.17) is 11.5 Å². The molecule has 13 heteroatoms. The van der Waals surface area contributed by atoms with E-state index in [0.29, 0.717) is 17.8 Å². The molecule has 0 saturated heterocycles. The standard InChI is InChI=1S/C29H38N6O5.2ClH/c1-14-6-19(36)7-15(2)21(14)10-23(30)27(38)32-12-25-18(5)34-26(29(40)35-25)13-33-28(39)24(31)11-22-16(3)8-20(37)9-17(22)4;;/h6-9,23-24,36-37H,10-13,30-31H2,1-5H3,(H,32,38)(H,33,39)(H,35,40);2*1H. The molecule has 2 aromatic carbocycles. The Morgan fingerprint density at radius 3 is 1.57 bits per heavy atom. The number of benzene rings is 2. The molecule has 0 aliphatic carbocycles. The molecule has 230 valence electrons. The number of carbonyl (C=O) groups is 2. The van der Waals surface area contributed by atoms with Crippen LogP contribution in [0, 0.1) is 34.6 Å². The number of hydrogen-bond donors (Lipinski definition) is 7. The first kappa shape index (κ1) is 36.4. The predicted octanol–water partition coefficient (Wildman–Crippen LogP) is 1.94. The van der Waals surface area contributed by atoms with Crippen LogP contribution in [0.5, 0.6) is 11.5 Å². The fourth-order valence-corrected chi connectivity index (χ4v) is 4.73. The Morgan fingerprint density at radius 2 is 1.17 bits per heavy atom. The van der Waals surface area contributed by atoms with Crippen molar-refractivity contribution in [1.29, 1.82) is 0 Å². The number of aromatic hydroxyl groups is 2. The van der Waals surface area contributed by atoms with Gasteiger partial charge in [0.1, 0.15) is 17.2 Å². The van der Waals surface area contributed by atoms with E-state index in [0.717, 1.165) is 33.4 Å². The van der Waals surface area contributed by atoms with Crippen molar-refractivity contribution in [3.8, 4) is 11.5 Å². The lowest BCUT2D eigenvalue weighted by molar-refractivity contribution is -0.123. The number of H-pyrrole nitrogens is 1. The van der Waals surface area contributed by atoms with Gasteiger partial charge in [-0.1, -0.05) is 0 Å². The number of nitrogens with one attached hydrogen (secondary N) is 3. The van der Waals surface area contributed by atoms with Gasteiger partial charge in [0, 0.05) is 0 Å². The minimum Gasteiger partial charge on any atom is -0.508 e. The van der Waals surface area contributed by atoms with Gasteiger partial charge in [-0.2, -0.15) is 0 Å². The van der Waals surface area contributed by atoms with Crippen LogP contribution >= 0.6 is 24.8 Å². The van der Waals surface area contributed by atoms with Crippen molar-refractivity contribution in [2.24, 2.45) is 11.5 Å². The molecule has 1 heterocycles. The number of nitrogens with zero attached hydrogens (tertiary/aromatic N) is 1. The average molecular weight is 624 g/mol. The zero-order valence-electron chi connectivity index (χ0n) is 24.3. The van der Waals surface area contributed by atoms with Gasteiger partial charge in [0.05, 0.1) is 36.6 Å². The summed E-state index contributed by atoms with van der Waals surface area (Å²) in [6.45, 7) is 8.98. The van der Waals surface area contributed by atoms with Gasteiger partial charge >= 0.3 is 0 Å². The predicted molar refractivity (Wildman–Crippen MR) is 166 cm³/mol. The van der Waals surface area contributed by atoms with Crippen molar-refractivity contribution in [3.05, 3.63) is 85.1 Å². The molecule has 3 rings (SSSR count). The zero-order valence-corrected chi connectivity index (χ0v) is 26.0. The summed E-state index contributed by atoms with van der Waals surface area (Å²) in [7, 11) is 0. The van der Waals surface area contributed by atoms with Crippen molar-refractivity contribution in [2.45, 2.75) is 72.6 Å². The maximum Gasteiger partial charge on any atom is 0.271 e. The van der Waals surface area contributed by atoms with Gasteiger partial charge in [-0.05, 0) is 105 Å². The molecule has 42 heavy (non-hydrogen) atoms. The molecule has 0 fully saturated rings. The number of phenolic OH excluding ortho intramolecular Hbond substituents is 2. The summed E-state index contributed by atoms with van der Waals surface area (Å²) in [6, 6.07) is 4.82. The highest BCUT2D eigenvalue weighted by molar-refractivity contribution is 5.85. The Hall–Kier alpha value is -3.64. The van der Waals surface area contributed by atoms with Crippen LogP contribution in [-0.2, 0) is 35.5 Å². The van der Waals surface area contributed by atoms with Crippen LogP contribution in [0.3, 0.4) is 0 Å². The van der Waals surface area contributed by atoms with E-state index in [1.54, 1.807) is 31.2 Å². The van der Waals surface area contributed by atoms with Gasteiger partial charge in [0.2, 0.25) is 11.8 Å². The molecule has 11 nitrogen and oxygen atoms in total. The highest BCUT2D eigenvalue weighted by Gasteiger charge is 2.20. The summed E-state index contributed by atoms with van der Waals surface area (Å²) in [6.07, 6.45) is 0.573. The number of phenols is 2. The molecular formula is C29H40Cl2N6O5. The monoisotopic (exact) mass is 622 g/mol.